The Balaban J connectivity index is 2.39. The average Bonchev–Trinajstić information content (AvgIpc) is 2.49. The van der Waals surface area contributed by atoms with Crippen LogP contribution in [0, 0.1) is 11.6 Å². The highest BCUT2D eigenvalue weighted by molar-refractivity contribution is 9.10. The van der Waals surface area contributed by atoms with Gasteiger partial charge in [0, 0.05) is 28.9 Å². The number of nitrogens with one attached hydrogen (secondary N) is 1. The summed E-state index contributed by atoms with van der Waals surface area (Å²) < 4.78 is 27.3. The van der Waals surface area contributed by atoms with Crippen molar-refractivity contribution in [3.8, 4) is 0 Å². The highest BCUT2D eigenvalue weighted by Crippen LogP contribution is 2.30. The standard InChI is InChI=1S/C10H8BrF2NO/c11-6-2-7(12)10(8(13)3-6)5-1-9(15)14-4-5/h2-3,5H,1,4H2,(H,14,15). The maximum absolute atomic E-state index is 13.5. The molecular weight excluding hydrogens is 268 g/mol. The van der Waals surface area contributed by atoms with Crippen molar-refractivity contribution in [2.75, 3.05) is 6.54 Å². The molecule has 1 atom stereocenters. The highest BCUT2D eigenvalue weighted by atomic mass is 79.9. The highest BCUT2D eigenvalue weighted by Gasteiger charge is 2.28. The number of carbonyl (C=O) groups is 1. The van der Waals surface area contributed by atoms with E-state index < -0.39 is 17.6 Å². The number of carbonyl (C=O) groups excluding carboxylic acids is 1. The first-order valence-corrected chi connectivity index (χ1v) is 5.28. The second kappa shape index (κ2) is 3.89. The molecule has 0 saturated carbocycles. The molecule has 80 valence electrons. The Morgan fingerprint density at radius 3 is 2.40 bits per heavy atom. The van der Waals surface area contributed by atoms with E-state index in [4.69, 9.17) is 0 Å². The van der Waals surface area contributed by atoms with Crippen molar-refractivity contribution < 1.29 is 13.6 Å². The number of amides is 1. The topological polar surface area (TPSA) is 29.1 Å². The average molecular weight is 276 g/mol. The lowest BCUT2D eigenvalue weighted by Gasteiger charge is -2.10. The van der Waals surface area contributed by atoms with Crippen LogP contribution in [-0.4, -0.2) is 12.5 Å². The molecule has 0 spiro atoms. The SMILES string of the molecule is O=C1CC(c2c(F)cc(Br)cc2F)CN1. The molecular formula is C10H8BrF2NO. The first-order chi connectivity index (χ1) is 7.08. The summed E-state index contributed by atoms with van der Waals surface area (Å²) in [5.41, 5.74) is -0.00319. The summed E-state index contributed by atoms with van der Waals surface area (Å²) >= 11 is 3.00. The molecule has 0 radical (unpaired) electrons. The van der Waals surface area contributed by atoms with Gasteiger partial charge in [-0.1, -0.05) is 15.9 Å². The summed E-state index contributed by atoms with van der Waals surface area (Å²) in [6.45, 7) is 0.300. The lowest BCUT2D eigenvalue weighted by atomic mass is 9.97. The fraction of sp³-hybridized carbons (Fsp3) is 0.300. The minimum atomic E-state index is -0.608. The third kappa shape index (κ3) is 2.02. The number of hydrogen-bond donors (Lipinski definition) is 1. The van der Waals surface area contributed by atoms with Crippen molar-refractivity contribution >= 4 is 21.8 Å². The van der Waals surface area contributed by atoms with Crippen LogP contribution < -0.4 is 5.32 Å². The van der Waals surface area contributed by atoms with E-state index in [0.29, 0.717) is 11.0 Å². The van der Waals surface area contributed by atoms with Crippen molar-refractivity contribution in [1.82, 2.24) is 5.32 Å². The Morgan fingerprint density at radius 2 is 1.93 bits per heavy atom. The van der Waals surface area contributed by atoms with E-state index in [1.54, 1.807) is 0 Å². The van der Waals surface area contributed by atoms with Gasteiger partial charge >= 0.3 is 0 Å². The van der Waals surface area contributed by atoms with E-state index in [9.17, 15) is 13.6 Å². The fourth-order valence-electron chi connectivity index (χ4n) is 1.75. The Labute approximate surface area is 93.8 Å². The van der Waals surface area contributed by atoms with Crippen molar-refractivity contribution in [3.05, 3.63) is 33.8 Å². The second-order valence-electron chi connectivity index (χ2n) is 3.49. The molecule has 1 aromatic rings. The van der Waals surface area contributed by atoms with Crippen molar-refractivity contribution in [2.45, 2.75) is 12.3 Å². The van der Waals surface area contributed by atoms with Crippen LogP contribution in [0.15, 0.2) is 16.6 Å². The third-order valence-electron chi connectivity index (χ3n) is 2.43. The lowest BCUT2D eigenvalue weighted by molar-refractivity contribution is -0.119. The van der Waals surface area contributed by atoms with Gasteiger partial charge in [-0.2, -0.15) is 0 Å². The van der Waals surface area contributed by atoms with Crippen LogP contribution in [0.1, 0.15) is 17.9 Å². The molecule has 1 amide bonds. The van der Waals surface area contributed by atoms with Crippen LogP contribution in [-0.2, 0) is 4.79 Å². The van der Waals surface area contributed by atoms with Crippen LogP contribution in [0.2, 0.25) is 0 Å². The third-order valence-corrected chi connectivity index (χ3v) is 2.89. The summed E-state index contributed by atoms with van der Waals surface area (Å²) in [7, 11) is 0. The molecule has 2 rings (SSSR count). The number of rotatable bonds is 1. The number of halogens is 3. The molecule has 1 aromatic carbocycles. The van der Waals surface area contributed by atoms with Gasteiger partial charge in [-0.25, -0.2) is 8.78 Å². The van der Waals surface area contributed by atoms with Crippen molar-refractivity contribution in [2.24, 2.45) is 0 Å². The lowest BCUT2D eigenvalue weighted by Crippen LogP contribution is -2.14. The number of benzene rings is 1. The van der Waals surface area contributed by atoms with Gasteiger partial charge in [0.05, 0.1) is 0 Å². The molecule has 0 aliphatic carbocycles. The minimum Gasteiger partial charge on any atom is -0.355 e. The molecule has 1 saturated heterocycles. The largest absolute Gasteiger partial charge is 0.355 e. The van der Waals surface area contributed by atoms with Crippen molar-refractivity contribution in [1.29, 1.82) is 0 Å². The van der Waals surface area contributed by atoms with Gasteiger partial charge in [0.15, 0.2) is 0 Å². The predicted octanol–water partition coefficient (Wildman–Crippen LogP) is 2.33. The summed E-state index contributed by atoms with van der Waals surface area (Å²) in [5.74, 6) is -1.78. The van der Waals surface area contributed by atoms with Crippen LogP contribution in [0.3, 0.4) is 0 Å². The van der Waals surface area contributed by atoms with Crippen molar-refractivity contribution in [3.63, 3.8) is 0 Å². The van der Waals surface area contributed by atoms with E-state index in [0.717, 1.165) is 0 Å². The van der Waals surface area contributed by atoms with Gasteiger partial charge in [0.2, 0.25) is 5.91 Å². The second-order valence-corrected chi connectivity index (χ2v) is 4.40. The summed E-state index contributed by atoms with van der Waals surface area (Å²) in [6, 6.07) is 2.42. The molecule has 2 nitrogen and oxygen atoms in total. The van der Waals surface area contributed by atoms with Gasteiger partial charge in [-0.05, 0) is 12.1 Å². The maximum Gasteiger partial charge on any atom is 0.220 e. The van der Waals surface area contributed by atoms with E-state index in [1.807, 2.05) is 0 Å². The number of hydrogen-bond acceptors (Lipinski definition) is 1. The van der Waals surface area contributed by atoms with Gasteiger partial charge in [-0.3, -0.25) is 4.79 Å². The molecule has 0 aromatic heterocycles. The Bertz CT molecular complexity index is 399. The molecule has 1 heterocycles. The van der Waals surface area contributed by atoms with Gasteiger partial charge in [0.25, 0.3) is 0 Å². The van der Waals surface area contributed by atoms with Gasteiger partial charge in [-0.15, -0.1) is 0 Å². The monoisotopic (exact) mass is 275 g/mol. The van der Waals surface area contributed by atoms with Gasteiger partial charge < -0.3 is 5.32 Å². The molecule has 1 unspecified atom stereocenters. The Kier molecular flexibility index (Phi) is 2.73. The first-order valence-electron chi connectivity index (χ1n) is 4.49. The summed E-state index contributed by atoms with van der Waals surface area (Å²) in [4.78, 5) is 11.0. The quantitative estimate of drug-likeness (QED) is 0.838. The zero-order valence-electron chi connectivity index (χ0n) is 7.69. The van der Waals surface area contributed by atoms with Crippen LogP contribution in [0.25, 0.3) is 0 Å². The zero-order valence-corrected chi connectivity index (χ0v) is 9.27. The Morgan fingerprint density at radius 1 is 1.33 bits per heavy atom. The molecule has 15 heavy (non-hydrogen) atoms. The van der Waals surface area contributed by atoms with Crippen LogP contribution in [0.4, 0.5) is 8.78 Å². The molecule has 1 N–H and O–H groups in total. The Hall–Kier alpha value is -0.970. The predicted molar refractivity (Wildman–Crippen MR) is 54.4 cm³/mol. The van der Waals surface area contributed by atoms with E-state index >= 15 is 0 Å². The normalized spacial score (nSPS) is 20.5. The maximum atomic E-state index is 13.5. The van der Waals surface area contributed by atoms with E-state index in [2.05, 4.69) is 21.2 Å². The fourth-order valence-corrected chi connectivity index (χ4v) is 2.15. The molecule has 1 aliphatic heterocycles. The van der Waals surface area contributed by atoms with Gasteiger partial charge in [0.1, 0.15) is 11.6 Å². The summed E-state index contributed by atoms with van der Waals surface area (Å²) in [6.07, 6.45) is 0.148. The van der Waals surface area contributed by atoms with Crippen LogP contribution >= 0.6 is 15.9 Å². The molecule has 0 bridgehead atoms. The van der Waals surface area contributed by atoms with Crippen LogP contribution in [0.5, 0.6) is 0 Å². The molecule has 1 fully saturated rings. The minimum absolute atomic E-state index is 0.00319. The zero-order chi connectivity index (χ0) is 11.0. The molecule has 5 heteroatoms. The smallest absolute Gasteiger partial charge is 0.220 e. The molecule has 1 aliphatic rings. The first kappa shape index (κ1) is 10.5. The van der Waals surface area contributed by atoms with E-state index in [1.165, 1.54) is 12.1 Å². The van der Waals surface area contributed by atoms with E-state index in [-0.39, 0.29) is 17.9 Å². The summed E-state index contributed by atoms with van der Waals surface area (Å²) in [5, 5.41) is 2.55.